The molecular formula is C14H14FNO2. The Balaban J connectivity index is 2.28. The first-order valence-electron chi connectivity index (χ1n) is 5.54. The largest absolute Gasteiger partial charge is 0.396 e. The Kier molecular flexibility index (Phi) is 3.60. The van der Waals surface area contributed by atoms with Gasteiger partial charge in [-0.1, -0.05) is 30.3 Å². The number of halogens is 1. The second-order valence-corrected chi connectivity index (χ2v) is 4.08. The summed E-state index contributed by atoms with van der Waals surface area (Å²) in [7, 11) is 0. The molecule has 0 saturated carbocycles. The number of nitrogens with two attached hydrogens (primary N) is 1. The van der Waals surface area contributed by atoms with E-state index in [1.54, 1.807) is 24.3 Å². The van der Waals surface area contributed by atoms with Gasteiger partial charge in [-0.25, -0.2) is 4.39 Å². The minimum atomic E-state index is -0.861. The number of hydrogen-bond donors (Lipinski definition) is 3. The summed E-state index contributed by atoms with van der Waals surface area (Å²) in [4.78, 5) is 0. The van der Waals surface area contributed by atoms with Gasteiger partial charge in [0.05, 0.1) is 12.3 Å². The van der Waals surface area contributed by atoms with Crippen LogP contribution in [0.5, 0.6) is 0 Å². The van der Waals surface area contributed by atoms with Gasteiger partial charge in [-0.15, -0.1) is 0 Å². The van der Waals surface area contributed by atoms with Crippen LogP contribution in [0.2, 0.25) is 0 Å². The van der Waals surface area contributed by atoms with Gasteiger partial charge in [0.15, 0.2) is 0 Å². The van der Waals surface area contributed by atoms with Crippen molar-refractivity contribution in [2.75, 3.05) is 5.73 Å². The lowest BCUT2D eigenvalue weighted by Gasteiger charge is -2.12. The topological polar surface area (TPSA) is 66.5 Å². The average Bonchev–Trinajstić information content (AvgIpc) is 2.41. The third kappa shape index (κ3) is 2.50. The second kappa shape index (κ2) is 5.16. The highest BCUT2D eigenvalue weighted by Crippen LogP contribution is 2.24. The van der Waals surface area contributed by atoms with Crippen molar-refractivity contribution >= 4 is 5.69 Å². The van der Waals surface area contributed by atoms with Gasteiger partial charge < -0.3 is 15.9 Å². The van der Waals surface area contributed by atoms with Crippen LogP contribution in [0.3, 0.4) is 0 Å². The van der Waals surface area contributed by atoms with E-state index in [2.05, 4.69) is 0 Å². The van der Waals surface area contributed by atoms with Crippen LogP contribution in [-0.4, -0.2) is 10.2 Å². The van der Waals surface area contributed by atoms with E-state index in [1.807, 2.05) is 0 Å². The molecule has 0 aliphatic heterocycles. The molecule has 0 heterocycles. The molecule has 0 spiro atoms. The Labute approximate surface area is 104 Å². The zero-order valence-corrected chi connectivity index (χ0v) is 9.68. The molecule has 0 fully saturated rings. The molecule has 2 aromatic carbocycles. The van der Waals surface area contributed by atoms with Crippen LogP contribution in [0, 0.1) is 5.82 Å². The predicted molar refractivity (Wildman–Crippen MR) is 67.2 cm³/mol. The number of hydrogen-bond acceptors (Lipinski definition) is 3. The van der Waals surface area contributed by atoms with Crippen LogP contribution in [0.25, 0.3) is 0 Å². The molecule has 4 heteroatoms. The Morgan fingerprint density at radius 1 is 1.06 bits per heavy atom. The number of rotatable bonds is 3. The van der Waals surface area contributed by atoms with Crippen LogP contribution >= 0.6 is 0 Å². The fourth-order valence-electron chi connectivity index (χ4n) is 1.73. The zero-order chi connectivity index (χ0) is 13.1. The summed E-state index contributed by atoms with van der Waals surface area (Å²) in [5.74, 6) is -0.499. The molecule has 0 aromatic heterocycles. The molecule has 3 nitrogen and oxygen atoms in total. The van der Waals surface area contributed by atoms with Crippen LogP contribution in [-0.2, 0) is 6.61 Å². The number of benzene rings is 2. The van der Waals surface area contributed by atoms with Gasteiger partial charge in [-0.2, -0.15) is 0 Å². The van der Waals surface area contributed by atoms with Crippen LogP contribution in [0.15, 0.2) is 42.5 Å². The molecular weight excluding hydrogens is 233 g/mol. The maximum absolute atomic E-state index is 13.0. The second-order valence-electron chi connectivity index (χ2n) is 4.08. The molecule has 0 aliphatic carbocycles. The van der Waals surface area contributed by atoms with E-state index in [0.29, 0.717) is 11.1 Å². The van der Waals surface area contributed by atoms with Gasteiger partial charge in [-0.05, 0) is 28.8 Å². The van der Waals surface area contributed by atoms with Crippen LogP contribution in [0.4, 0.5) is 10.1 Å². The van der Waals surface area contributed by atoms with Crippen molar-refractivity contribution in [1.29, 1.82) is 0 Å². The maximum atomic E-state index is 13.0. The number of aliphatic hydroxyl groups is 2. The smallest absolute Gasteiger partial charge is 0.146 e. The normalized spacial score (nSPS) is 12.4. The lowest BCUT2D eigenvalue weighted by Crippen LogP contribution is -2.02. The van der Waals surface area contributed by atoms with E-state index < -0.39 is 11.9 Å². The van der Waals surface area contributed by atoms with Crippen molar-refractivity contribution in [3.8, 4) is 0 Å². The van der Waals surface area contributed by atoms with Crippen molar-refractivity contribution in [2.24, 2.45) is 0 Å². The van der Waals surface area contributed by atoms with Crippen molar-refractivity contribution in [2.45, 2.75) is 12.7 Å². The molecule has 1 atom stereocenters. The van der Waals surface area contributed by atoms with Gasteiger partial charge in [0.1, 0.15) is 11.9 Å². The van der Waals surface area contributed by atoms with Gasteiger partial charge >= 0.3 is 0 Å². The first-order chi connectivity index (χ1) is 8.61. The summed E-state index contributed by atoms with van der Waals surface area (Å²) < 4.78 is 13.0. The van der Waals surface area contributed by atoms with Crippen molar-refractivity contribution in [3.63, 3.8) is 0 Å². The standard InChI is InChI=1S/C14H14FNO2/c15-12-6-5-11(7-13(12)16)14(18)10-3-1-9(8-17)2-4-10/h1-7,14,17-18H,8,16H2. The third-order valence-corrected chi connectivity index (χ3v) is 2.81. The minimum Gasteiger partial charge on any atom is -0.396 e. The van der Waals surface area contributed by atoms with E-state index >= 15 is 0 Å². The highest BCUT2D eigenvalue weighted by atomic mass is 19.1. The lowest BCUT2D eigenvalue weighted by atomic mass is 10.00. The van der Waals surface area contributed by atoms with Crippen LogP contribution in [0.1, 0.15) is 22.8 Å². The molecule has 0 saturated heterocycles. The van der Waals surface area contributed by atoms with Crippen LogP contribution < -0.4 is 5.73 Å². The molecule has 2 aromatic rings. The highest BCUT2D eigenvalue weighted by Gasteiger charge is 2.11. The first-order valence-corrected chi connectivity index (χ1v) is 5.54. The molecule has 0 radical (unpaired) electrons. The van der Waals surface area contributed by atoms with Crippen molar-refractivity contribution < 1.29 is 14.6 Å². The summed E-state index contributed by atoms with van der Waals surface area (Å²) in [6.07, 6.45) is -0.861. The molecule has 0 aliphatic rings. The van der Waals surface area contributed by atoms with E-state index in [0.717, 1.165) is 5.56 Å². The summed E-state index contributed by atoms with van der Waals surface area (Å²) in [5.41, 5.74) is 7.44. The van der Waals surface area contributed by atoms with E-state index in [9.17, 15) is 9.50 Å². The van der Waals surface area contributed by atoms with Gasteiger partial charge in [0.25, 0.3) is 0 Å². The first kappa shape index (κ1) is 12.5. The van der Waals surface area contributed by atoms with Crippen molar-refractivity contribution in [3.05, 3.63) is 65.0 Å². The fraction of sp³-hybridized carbons (Fsp3) is 0.143. The third-order valence-electron chi connectivity index (χ3n) is 2.81. The van der Waals surface area contributed by atoms with Gasteiger partial charge in [0.2, 0.25) is 0 Å². The maximum Gasteiger partial charge on any atom is 0.146 e. The molecule has 2 rings (SSSR count). The lowest BCUT2D eigenvalue weighted by molar-refractivity contribution is 0.220. The van der Waals surface area contributed by atoms with Gasteiger partial charge in [0, 0.05) is 0 Å². The Bertz CT molecular complexity index is 540. The quantitative estimate of drug-likeness (QED) is 0.726. The monoisotopic (exact) mass is 247 g/mol. The Morgan fingerprint density at radius 2 is 1.67 bits per heavy atom. The SMILES string of the molecule is Nc1cc(C(O)c2ccc(CO)cc2)ccc1F. The minimum absolute atomic E-state index is 0.0125. The molecule has 0 bridgehead atoms. The Morgan fingerprint density at radius 3 is 2.22 bits per heavy atom. The molecule has 1 unspecified atom stereocenters. The average molecular weight is 247 g/mol. The zero-order valence-electron chi connectivity index (χ0n) is 9.68. The summed E-state index contributed by atoms with van der Waals surface area (Å²) >= 11 is 0. The van der Waals surface area contributed by atoms with E-state index in [-0.39, 0.29) is 12.3 Å². The molecule has 94 valence electrons. The van der Waals surface area contributed by atoms with Gasteiger partial charge in [-0.3, -0.25) is 0 Å². The summed E-state index contributed by atoms with van der Waals surface area (Å²) in [6, 6.07) is 11.0. The van der Waals surface area contributed by atoms with E-state index in [4.69, 9.17) is 10.8 Å². The predicted octanol–water partition coefficient (Wildman–Crippen LogP) is 1.98. The van der Waals surface area contributed by atoms with E-state index in [1.165, 1.54) is 18.2 Å². The number of nitrogen functional groups attached to an aromatic ring is 1. The summed E-state index contributed by atoms with van der Waals surface area (Å²) in [5, 5.41) is 19.1. The van der Waals surface area contributed by atoms with Crippen molar-refractivity contribution in [1.82, 2.24) is 0 Å². The number of anilines is 1. The fourth-order valence-corrected chi connectivity index (χ4v) is 1.73. The highest BCUT2D eigenvalue weighted by molar-refractivity contribution is 5.45. The molecule has 0 amide bonds. The summed E-state index contributed by atoms with van der Waals surface area (Å²) in [6.45, 7) is -0.0418. The molecule has 18 heavy (non-hydrogen) atoms. The molecule has 4 N–H and O–H groups in total. The Hall–Kier alpha value is -1.91. The number of aliphatic hydroxyl groups excluding tert-OH is 2.